The number of H-pyrrole nitrogens is 1. The molecule has 4 N–H and O–H groups in total. The summed E-state index contributed by atoms with van der Waals surface area (Å²) in [7, 11) is 0. The van der Waals surface area contributed by atoms with Gasteiger partial charge < -0.3 is 11.1 Å². The molecule has 2 rings (SSSR count). The van der Waals surface area contributed by atoms with Crippen LogP contribution in [0.1, 0.15) is 35.7 Å². The van der Waals surface area contributed by atoms with Crippen molar-refractivity contribution in [1.82, 2.24) is 15.5 Å². The standard InChI is InChI=1S/C16H22N4O/c1-12-14(11-19-20-12)8-5-9-18-16(21)10-15(17)13-6-3-2-4-7-13/h2-4,6-7,11,15H,5,8-10,17H2,1H3,(H,18,21)(H,19,20). The summed E-state index contributed by atoms with van der Waals surface area (Å²) in [5, 5.41) is 9.80. The number of benzene rings is 1. The van der Waals surface area contributed by atoms with Gasteiger partial charge in [0.25, 0.3) is 0 Å². The second-order valence-corrected chi connectivity index (χ2v) is 5.20. The quantitative estimate of drug-likeness (QED) is 0.679. The SMILES string of the molecule is Cc1[nH]ncc1CCCNC(=O)CC(N)c1ccccc1. The number of amides is 1. The fourth-order valence-electron chi connectivity index (χ4n) is 2.22. The van der Waals surface area contributed by atoms with Crippen LogP contribution < -0.4 is 11.1 Å². The van der Waals surface area contributed by atoms with E-state index in [9.17, 15) is 4.79 Å². The number of aromatic nitrogens is 2. The Balaban J connectivity index is 1.67. The monoisotopic (exact) mass is 286 g/mol. The molecular weight excluding hydrogens is 264 g/mol. The second kappa shape index (κ2) is 7.59. The van der Waals surface area contributed by atoms with E-state index in [0.717, 1.165) is 24.1 Å². The van der Waals surface area contributed by atoms with Gasteiger partial charge in [-0.2, -0.15) is 5.10 Å². The van der Waals surface area contributed by atoms with Crippen LogP contribution in [0, 0.1) is 6.92 Å². The molecule has 0 aliphatic rings. The van der Waals surface area contributed by atoms with Crippen molar-refractivity contribution in [3.8, 4) is 0 Å². The van der Waals surface area contributed by atoms with Gasteiger partial charge in [0.2, 0.25) is 5.91 Å². The number of carbonyl (C=O) groups is 1. The van der Waals surface area contributed by atoms with Crippen LogP contribution in [0.25, 0.3) is 0 Å². The summed E-state index contributed by atoms with van der Waals surface area (Å²) < 4.78 is 0. The number of nitrogens with zero attached hydrogens (tertiary/aromatic N) is 1. The van der Waals surface area contributed by atoms with E-state index < -0.39 is 0 Å². The van der Waals surface area contributed by atoms with Gasteiger partial charge >= 0.3 is 0 Å². The molecule has 0 spiro atoms. The number of aryl methyl sites for hydroxylation is 2. The number of hydrogen-bond donors (Lipinski definition) is 3. The van der Waals surface area contributed by atoms with Gasteiger partial charge in [0, 0.05) is 24.7 Å². The van der Waals surface area contributed by atoms with E-state index in [0.29, 0.717) is 13.0 Å². The van der Waals surface area contributed by atoms with Crippen molar-refractivity contribution < 1.29 is 4.79 Å². The number of aromatic amines is 1. The zero-order valence-electron chi connectivity index (χ0n) is 12.3. The minimum Gasteiger partial charge on any atom is -0.356 e. The van der Waals surface area contributed by atoms with Crippen molar-refractivity contribution in [1.29, 1.82) is 0 Å². The highest BCUT2D eigenvalue weighted by atomic mass is 16.1. The molecule has 0 saturated heterocycles. The summed E-state index contributed by atoms with van der Waals surface area (Å²) in [4.78, 5) is 11.8. The maximum Gasteiger partial charge on any atom is 0.221 e. The Morgan fingerprint density at radius 3 is 2.81 bits per heavy atom. The van der Waals surface area contributed by atoms with E-state index in [2.05, 4.69) is 15.5 Å². The molecule has 0 fully saturated rings. The largest absolute Gasteiger partial charge is 0.356 e. The van der Waals surface area contributed by atoms with E-state index in [1.54, 1.807) is 0 Å². The Morgan fingerprint density at radius 1 is 1.38 bits per heavy atom. The fourth-order valence-corrected chi connectivity index (χ4v) is 2.22. The average Bonchev–Trinajstić information content (AvgIpc) is 2.90. The first-order chi connectivity index (χ1) is 10.2. The Morgan fingerprint density at radius 2 is 2.14 bits per heavy atom. The molecule has 5 heteroatoms. The van der Waals surface area contributed by atoms with Crippen molar-refractivity contribution in [2.24, 2.45) is 5.73 Å². The van der Waals surface area contributed by atoms with Crippen molar-refractivity contribution in [2.75, 3.05) is 6.54 Å². The lowest BCUT2D eigenvalue weighted by molar-refractivity contribution is -0.121. The predicted octanol–water partition coefficient (Wildman–Crippen LogP) is 1.86. The molecule has 112 valence electrons. The van der Waals surface area contributed by atoms with Gasteiger partial charge in [0.05, 0.1) is 6.20 Å². The number of nitrogens with one attached hydrogen (secondary N) is 2. The smallest absolute Gasteiger partial charge is 0.221 e. The lowest BCUT2D eigenvalue weighted by Crippen LogP contribution is -2.28. The second-order valence-electron chi connectivity index (χ2n) is 5.20. The lowest BCUT2D eigenvalue weighted by atomic mass is 10.0. The molecule has 2 aromatic rings. The molecule has 21 heavy (non-hydrogen) atoms. The third-order valence-corrected chi connectivity index (χ3v) is 3.51. The molecule has 0 radical (unpaired) electrons. The zero-order valence-corrected chi connectivity index (χ0v) is 12.3. The highest BCUT2D eigenvalue weighted by Gasteiger charge is 2.10. The van der Waals surface area contributed by atoms with Crippen molar-refractivity contribution in [3.63, 3.8) is 0 Å². The molecular formula is C16H22N4O. The Kier molecular flexibility index (Phi) is 5.51. The van der Waals surface area contributed by atoms with E-state index >= 15 is 0 Å². The van der Waals surface area contributed by atoms with Gasteiger partial charge in [-0.1, -0.05) is 30.3 Å². The summed E-state index contributed by atoms with van der Waals surface area (Å²) in [6.45, 7) is 2.66. The van der Waals surface area contributed by atoms with Crippen LogP contribution in [0.5, 0.6) is 0 Å². The number of nitrogens with two attached hydrogens (primary N) is 1. The van der Waals surface area contributed by atoms with Crippen LogP contribution in [-0.2, 0) is 11.2 Å². The molecule has 1 unspecified atom stereocenters. The fraction of sp³-hybridized carbons (Fsp3) is 0.375. The summed E-state index contributed by atoms with van der Waals surface area (Å²) in [6, 6.07) is 9.44. The third-order valence-electron chi connectivity index (χ3n) is 3.51. The maximum absolute atomic E-state index is 11.8. The Labute approximate surface area is 124 Å². The molecule has 1 amide bonds. The van der Waals surface area contributed by atoms with E-state index in [1.165, 1.54) is 5.56 Å². The van der Waals surface area contributed by atoms with Gasteiger partial charge in [-0.25, -0.2) is 0 Å². The summed E-state index contributed by atoms with van der Waals surface area (Å²) in [6.07, 6.45) is 3.96. The van der Waals surface area contributed by atoms with Gasteiger partial charge in [-0.05, 0) is 30.9 Å². The molecule has 1 aromatic carbocycles. The molecule has 0 bridgehead atoms. The van der Waals surface area contributed by atoms with E-state index in [-0.39, 0.29) is 11.9 Å². The van der Waals surface area contributed by atoms with Crippen LogP contribution in [0.15, 0.2) is 36.5 Å². The van der Waals surface area contributed by atoms with Gasteiger partial charge in [0.1, 0.15) is 0 Å². The number of carbonyl (C=O) groups excluding carboxylic acids is 1. The predicted molar refractivity (Wildman–Crippen MR) is 82.6 cm³/mol. The molecule has 0 aliphatic carbocycles. The zero-order chi connectivity index (χ0) is 15.1. The Bertz CT molecular complexity index is 565. The molecule has 0 saturated carbocycles. The first kappa shape index (κ1) is 15.3. The highest BCUT2D eigenvalue weighted by Crippen LogP contribution is 2.12. The van der Waals surface area contributed by atoms with Crippen LogP contribution in [0.4, 0.5) is 0 Å². The topological polar surface area (TPSA) is 83.8 Å². The van der Waals surface area contributed by atoms with Crippen molar-refractivity contribution in [3.05, 3.63) is 53.3 Å². The molecule has 0 aliphatic heterocycles. The van der Waals surface area contributed by atoms with E-state index in [4.69, 9.17) is 5.73 Å². The van der Waals surface area contributed by atoms with Crippen LogP contribution in [-0.4, -0.2) is 22.6 Å². The summed E-state index contributed by atoms with van der Waals surface area (Å²) in [5.41, 5.74) is 9.30. The maximum atomic E-state index is 11.8. The normalized spacial score (nSPS) is 12.1. The minimum atomic E-state index is -0.248. The lowest BCUT2D eigenvalue weighted by Gasteiger charge is -2.12. The molecule has 1 heterocycles. The van der Waals surface area contributed by atoms with Gasteiger partial charge in [0.15, 0.2) is 0 Å². The summed E-state index contributed by atoms with van der Waals surface area (Å²) >= 11 is 0. The molecule has 1 atom stereocenters. The van der Waals surface area contributed by atoms with Gasteiger partial charge in [-0.3, -0.25) is 9.89 Å². The van der Waals surface area contributed by atoms with Crippen LogP contribution >= 0.6 is 0 Å². The molecule has 1 aromatic heterocycles. The third kappa shape index (κ3) is 4.72. The first-order valence-electron chi connectivity index (χ1n) is 7.23. The number of rotatable bonds is 7. The Hall–Kier alpha value is -2.14. The van der Waals surface area contributed by atoms with Crippen LogP contribution in [0.2, 0.25) is 0 Å². The van der Waals surface area contributed by atoms with Gasteiger partial charge in [-0.15, -0.1) is 0 Å². The van der Waals surface area contributed by atoms with Crippen LogP contribution in [0.3, 0.4) is 0 Å². The van der Waals surface area contributed by atoms with Crippen molar-refractivity contribution >= 4 is 5.91 Å². The average molecular weight is 286 g/mol. The number of hydrogen-bond acceptors (Lipinski definition) is 3. The highest BCUT2D eigenvalue weighted by molar-refractivity contribution is 5.76. The molecule has 5 nitrogen and oxygen atoms in total. The minimum absolute atomic E-state index is 0.00438. The summed E-state index contributed by atoms with van der Waals surface area (Å²) in [5.74, 6) is -0.00438. The van der Waals surface area contributed by atoms with Crippen molar-refractivity contribution in [2.45, 2.75) is 32.2 Å². The first-order valence-corrected chi connectivity index (χ1v) is 7.23. The van der Waals surface area contributed by atoms with E-state index in [1.807, 2.05) is 43.5 Å².